The van der Waals surface area contributed by atoms with E-state index >= 15 is 0 Å². The maximum atomic E-state index is 5.02. The molecule has 3 aromatic heterocycles. The van der Waals surface area contributed by atoms with Crippen molar-refractivity contribution in [2.75, 3.05) is 0 Å². The minimum Gasteiger partial charge on any atom is -0.244 e. The lowest BCUT2D eigenvalue weighted by Crippen LogP contribution is -1.97. The molecule has 0 atom stereocenters. The molecule has 0 radical (unpaired) electrons. The molecule has 0 aliphatic heterocycles. The lowest BCUT2D eigenvalue weighted by molar-refractivity contribution is 0.714. The Kier molecular flexibility index (Phi) is 4.11. The van der Waals surface area contributed by atoms with Crippen LogP contribution in [0.2, 0.25) is 0 Å². The highest BCUT2D eigenvalue weighted by atomic mass is 32.1. The van der Waals surface area contributed by atoms with Gasteiger partial charge in [0.2, 0.25) is 0 Å². The van der Waals surface area contributed by atoms with Crippen molar-refractivity contribution in [2.45, 2.75) is 0 Å². The molecule has 0 aliphatic carbocycles. The maximum absolute atomic E-state index is 5.02. The molecule has 6 rings (SSSR count). The molecule has 6 aromatic rings. The SMILES string of the molecule is Cn1nnnc1-c1ccc2cc(-c3cccs3)cc(-c3cccc4ccccc34)c2n1. The fourth-order valence-corrected chi connectivity index (χ4v) is 4.77. The van der Waals surface area contributed by atoms with Gasteiger partial charge in [-0.2, -0.15) is 0 Å². The van der Waals surface area contributed by atoms with Crippen molar-refractivity contribution in [1.29, 1.82) is 0 Å². The number of aromatic nitrogens is 5. The van der Waals surface area contributed by atoms with Crippen molar-refractivity contribution in [1.82, 2.24) is 25.2 Å². The summed E-state index contributed by atoms with van der Waals surface area (Å²) in [5, 5.41) is 17.5. The van der Waals surface area contributed by atoms with Crippen LogP contribution in [0.5, 0.6) is 0 Å². The molecule has 5 nitrogen and oxygen atoms in total. The minimum absolute atomic E-state index is 0.646. The van der Waals surface area contributed by atoms with Crippen molar-refractivity contribution in [3.63, 3.8) is 0 Å². The average molecular weight is 420 g/mol. The Morgan fingerprint density at radius 3 is 2.55 bits per heavy atom. The van der Waals surface area contributed by atoms with Gasteiger partial charge in [0.1, 0.15) is 5.69 Å². The Hall–Kier alpha value is -3.90. The molecule has 0 aliphatic rings. The molecule has 0 N–H and O–H groups in total. The molecule has 0 fully saturated rings. The van der Waals surface area contributed by atoms with E-state index in [1.165, 1.54) is 26.8 Å². The van der Waals surface area contributed by atoms with Crippen LogP contribution in [-0.4, -0.2) is 25.2 Å². The van der Waals surface area contributed by atoms with Crippen LogP contribution >= 0.6 is 11.3 Å². The predicted octanol–water partition coefficient (Wildman–Crippen LogP) is 5.97. The molecule has 0 unspecified atom stereocenters. The number of aryl methyl sites for hydroxylation is 1. The highest BCUT2D eigenvalue weighted by Gasteiger charge is 2.15. The van der Waals surface area contributed by atoms with Crippen LogP contribution < -0.4 is 0 Å². The number of hydrogen-bond donors (Lipinski definition) is 0. The van der Waals surface area contributed by atoms with E-state index in [9.17, 15) is 0 Å². The van der Waals surface area contributed by atoms with Crippen LogP contribution in [-0.2, 0) is 7.05 Å². The first-order valence-electron chi connectivity index (χ1n) is 9.97. The Labute approximate surface area is 182 Å². The Morgan fingerprint density at radius 2 is 1.71 bits per heavy atom. The highest BCUT2D eigenvalue weighted by Crippen LogP contribution is 2.38. The molecule has 3 aromatic carbocycles. The summed E-state index contributed by atoms with van der Waals surface area (Å²) in [5.74, 6) is 0.646. The topological polar surface area (TPSA) is 56.5 Å². The number of rotatable bonds is 3. The maximum Gasteiger partial charge on any atom is 0.200 e. The van der Waals surface area contributed by atoms with E-state index in [4.69, 9.17) is 4.98 Å². The molecular weight excluding hydrogens is 402 g/mol. The van der Waals surface area contributed by atoms with Crippen molar-refractivity contribution in [3.8, 4) is 33.1 Å². The zero-order chi connectivity index (χ0) is 20.8. The van der Waals surface area contributed by atoms with Crippen molar-refractivity contribution >= 4 is 33.0 Å². The number of thiophene rings is 1. The number of nitrogens with zero attached hydrogens (tertiary/aromatic N) is 5. The van der Waals surface area contributed by atoms with Gasteiger partial charge in [0.25, 0.3) is 0 Å². The normalized spacial score (nSPS) is 11.4. The van der Waals surface area contributed by atoms with Gasteiger partial charge in [-0.3, -0.25) is 0 Å². The smallest absolute Gasteiger partial charge is 0.200 e. The monoisotopic (exact) mass is 419 g/mol. The third kappa shape index (κ3) is 3.00. The number of fused-ring (bicyclic) bond motifs is 2. The van der Waals surface area contributed by atoms with Crippen molar-refractivity contribution < 1.29 is 0 Å². The fourth-order valence-electron chi connectivity index (χ4n) is 4.06. The van der Waals surface area contributed by atoms with E-state index < -0.39 is 0 Å². The van der Waals surface area contributed by atoms with Crippen LogP contribution in [0, 0.1) is 0 Å². The van der Waals surface area contributed by atoms with E-state index in [-0.39, 0.29) is 0 Å². The summed E-state index contributed by atoms with van der Waals surface area (Å²) in [4.78, 5) is 6.26. The van der Waals surface area contributed by atoms with Crippen LogP contribution in [0.25, 0.3) is 54.8 Å². The van der Waals surface area contributed by atoms with Crippen LogP contribution in [0.1, 0.15) is 0 Å². The Balaban J connectivity index is 1.69. The summed E-state index contributed by atoms with van der Waals surface area (Å²) in [5.41, 5.74) is 5.17. The van der Waals surface area contributed by atoms with Crippen molar-refractivity contribution in [3.05, 3.63) is 84.2 Å². The molecule has 0 saturated carbocycles. The van der Waals surface area contributed by atoms with E-state index in [1.807, 2.05) is 13.1 Å². The Morgan fingerprint density at radius 1 is 0.806 bits per heavy atom. The van der Waals surface area contributed by atoms with Crippen LogP contribution in [0.3, 0.4) is 0 Å². The largest absolute Gasteiger partial charge is 0.244 e. The second-order valence-corrected chi connectivity index (χ2v) is 8.37. The van der Waals surface area contributed by atoms with Crippen molar-refractivity contribution in [2.24, 2.45) is 7.05 Å². The second kappa shape index (κ2) is 7.11. The van der Waals surface area contributed by atoms with Gasteiger partial charge in [-0.25, -0.2) is 9.67 Å². The van der Waals surface area contributed by atoms with E-state index in [1.54, 1.807) is 16.0 Å². The molecule has 31 heavy (non-hydrogen) atoms. The summed E-state index contributed by atoms with van der Waals surface area (Å²) in [7, 11) is 1.83. The van der Waals surface area contributed by atoms with Crippen LogP contribution in [0.15, 0.2) is 84.2 Å². The molecule has 0 amide bonds. The lowest BCUT2D eigenvalue weighted by Gasteiger charge is -2.13. The first-order valence-corrected chi connectivity index (χ1v) is 10.9. The standard InChI is InChI=1S/C25H17N5S/c1-30-25(27-28-29-30)22-12-11-17-14-18(23-10-5-13-31-23)15-21(24(17)26-22)20-9-4-7-16-6-2-3-8-19(16)20/h2-15H,1H3. The third-order valence-corrected chi connectivity index (χ3v) is 6.45. The molecule has 0 spiro atoms. The second-order valence-electron chi connectivity index (χ2n) is 7.42. The first kappa shape index (κ1) is 17.9. The summed E-state index contributed by atoms with van der Waals surface area (Å²) in [6.45, 7) is 0. The molecule has 0 saturated heterocycles. The lowest BCUT2D eigenvalue weighted by atomic mass is 9.94. The van der Waals surface area contributed by atoms with Gasteiger partial charge in [-0.05, 0) is 62.0 Å². The summed E-state index contributed by atoms with van der Waals surface area (Å²) in [6, 6.07) is 27.7. The van der Waals surface area contributed by atoms with Gasteiger partial charge in [-0.15, -0.1) is 16.4 Å². The fraction of sp³-hybridized carbons (Fsp3) is 0.0400. The van der Waals surface area contributed by atoms with Gasteiger partial charge < -0.3 is 0 Å². The van der Waals surface area contributed by atoms with E-state index in [0.717, 1.165) is 22.2 Å². The van der Waals surface area contributed by atoms with Gasteiger partial charge in [0, 0.05) is 22.9 Å². The molecule has 3 heterocycles. The van der Waals surface area contributed by atoms with E-state index in [0.29, 0.717) is 5.82 Å². The molecular formula is C25H17N5S. The number of pyridine rings is 1. The highest BCUT2D eigenvalue weighted by molar-refractivity contribution is 7.13. The first-order chi connectivity index (χ1) is 15.3. The van der Waals surface area contributed by atoms with Gasteiger partial charge in [0.05, 0.1) is 5.52 Å². The molecule has 148 valence electrons. The number of hydrogen-bond acceptors (Lipinski definition) is 5. The third-order valence-electron chi connectivity index (χ3n) is 5.53. The van der Waals surface area contributed by atoms with E-state index in [2.05, 4.69) is 93.7 Å². The van der Waals surface area contributed by atoms with Gasteiger partial charge >= 0.3 is 0 Å². The molecule has 6 heteroatoms. The summed E-state index contributed by atoms with van der Waals surface area (Å²) >= 11 is 1.74. The minimum atomic E-state index is 0.646. The quantitative estimate of drug-likeness (QED) is 0.354. The number of tetrazole rings is 1. The average Bonchev–Trinajstić information content (AvgIpc) is 3.50. The predicted molar refractivity (Wildman–Crippen MR) is 126 cm³/mol. The summed E-state index contributed by atoms with van der Waals surface area (Å²) < 4.78 is 1.64. The van der Waals surface area contributed by atoms with Gasteiger partial charge in [-0.1, -0.05) is 54.6 Å². The molecule has 0 bridgehead atoms. The Bertz CT molecular complexity index is 1540. The number of benzene rings is 3. The van der Waals surface area contributed by atoms with Gasteiger partial charge in [0.15, 0.2) is 5.82 Å². The summed E-state index contributed by atoms with van der Waals surface area (Å²) in [6.07, 6.45) is 0. The zero-order valence-corrected chi connectivity index (χ0v) is 17.5. The zero-order valence-electron chi connectivity index (χ0n) is 16.7. The van der Waals surface area contributed by atoms with Crippen LogP contribution in [0.4, 0.5) is 0 Å².